The van der Waals surface area contributed by atoms with Crippen LogP contribution < -0.4 is 5.73 Å². The van der Waals surface area contributed by atoms with E-state index in [4.69, 9.17) is 10.5 Å². The van der Waals surface area contributed by atoms with Crippen molar-refractivity contribution in [1.29, 1.82) is 0 Å². The van der Waals surface area contributed by atoms with Gasteiger partial charge in [0.25, 0.3) is 0 Å². The predicted octanol–water partition coefficient (Wildman–Crippen LogP) is 5.67. The molecule has 1 fully saturated rings. The zero-order chi connectivity index (χ0) is 19.7. The van der Waals surface area contributed by atoms with Crippen molar-refractivity contribution in [2.75, 3.05) is 6.61 Å². The minimum Gasteiger partial charge on any atom is -0.466 e. The van der Waals surface area contributed by atoms with Crippen molar-refractivity contribution in [2.24, 2.45) is 5.73 Å². The van der Waals surface area contributed by atoms with Crippen LogP contribution in [0, 0.1) is 26.6 Å². The highest BCUT2D eigenvalue weighted by Crippen LogP contribution is 2.46. The predicted molar refractivity (Wildman–Crippen MR) is 113 cm³/mol. The Balaban J connectivity index is 0.00000280. The van der Waals surface area contributed by atoms with Crippen LogP contribution in [0.4, 0.5) is 4.39 Å². The lowest BCUT2D eigenvalue weighted by atomic mass is 9.88. The standard InChI is InChI=1S/C23H28FNO2.ClH/c1-5-27-21(26)12-20(25)19-11-17(10-15(4)23(19)24)22-14(3)8-13(2)9-18(22)16-6-7-16;/h8-11,16,20H,5-7,12,25H2,1-4H3;1H/t20-;/m0./s1. The molecule has 0 bridgehead atoms. The minimum absolute atomic E-state index is 0. The van der Waals surface area contributed by atoms with Crippen molar-refractivity contribution in [1.82, 2.24) is 0 Å². The number of carbonyl (C=O) groups is 1. The molecule has 2 aromatic carbocycles. The molecule has 0 unspecified atom stereocenters. The average Bonchev–Trinajstić information content (AvgIpc) is 3.41. The fourth-order valence-electron chi connectivity index (χ4n) is 3.83. The van der Waals surface area contributed by atoms with Gasteiger partial charge in [0.15, 0.2) is 0 Å². The van der Waals surface area contributed by atoms with Crippen LogP contribution in [-0.2, 0) is 9.53 Å². The highest BCUT2D eigenvalue weighted by Gasteiger charge is 2.28. The SMILES string of the molecule is CCOC(=O)C[C@H](N)c1cc(-c2c(C)cc(C)cc2C2CC2)cc(C)c1F.Cl. The van der Waals surface area contributed by atoms with Crippen molar-refractivity contribution in [3.8, 4) is 11.1 Å². The molecule has 2 aromatic rings. The summed E-state index contributed by atoms with van der Waals surface area (Å²) < 4.78 is 19.8. The second-order valence-electron chi connectivity index (χ2n) is 7.63. The molecule has 2 N–H and O–H groups in total. The molecule has 0 radical (unpaired) electrons. The van der Waals surface area contributed by atoms with Gasteiger partial charge in [-0.25, -0.2) is 4.39 Å². The lowest BCUT2D eigenvalue weighted by Crippen LogP contribution is -2.19. The van der Waals surface area contributed by atoms with Crippen LogP contribution in [0.3, 0.4) is 0 Å². The summed E-state index contributed by atoms with van der Waals surface area (Å²) >= 11 is 0. The highest BCUT2D eigenvalue weighted by atomic mass is 35.5. The fraction of sp³-hybridized carbons (Fsp3) is 0.435. The number of halogens is 2. The van der Waals surface area contributed by atoms with Crippen LogP contribution in [0.2, 0.25) is 0 Å². The number of esters is 1. The van der Waals surface area contributed by atoms with E-state index in [-0.39, 0.29) is 24.6 Å². The Morgan fingerprint density at radius 3 is 2.46 bits per heavy atom. The van der Waals surface area contributed by atoms with E-state index < -0.39 is 12.0 Å². The second-order valence-corrected chi connectivity index (χ2v) is 7.63. The third-order valence-electron chi connectivity index (χ3n) is 5.19. The van der Waals surface area contributed by atoms with E-state index in [2.05, 4.69) is 26.0 Å². The monoisotopic (exact) mass is 405 g/mol. The molecule has 0 heterocycles. The molecule has 5 heteroatoms. The van der Waals surface area contributed by atoms with Gasteiger partial charge in [-0.2, -0.15) is 0 Å². The number of rotatable bonds is 6. The summed E-state index contributed by atoms with van der Waals surface area (Å²) in [5.74, 6) is -0.161. The molecular formula is C23H29ClFNO2. The highest BCUT2D eigenvalue weighted by molar-refractivity contribution is 5.85. The molecular weight excluding hydrogens is 377 g/mol. The van der Waals surface area contributed by atoms with E-state index in [9.17, 15) is 9.18 Å². The van der Waals surface area contributed by atoms with Crippen LogP contribution in [0.5, 0.6) is 0 Å². The summed E-state index contributed by atoms with van der Waals surface area (Å²) in [5.41, 5.74) is 13.0. The molecule has 28 heavy (non-hydrogen) atoms. The number of aryl methyl sites for hydroxylation is 3. The first-order valence-corrected chi connectivity index (χ1v) is 9.64. The number of hydrogen-bond donors (Lipinski definition) is 1. The van der Waals surface area contributed by atoms with Crippen LogP contribution in [-0.4, -0.2) is 12.6 Å². The quantitative estimate of drug-likeness (QED) is 0.630. The molecule has 3 rings (SSSR count). The summed E-state index contributed by atoms with van der Waals surface area (Å²) in [4.78, 5) is 11.8. The maximum absolute atomic E-state index is 14.8. The molecule has 0 aromatic heterocycles. The summed E-state index contributed by atoms with van der Waals surface area (Å²) in [6.45, 7) is 8.00. The van der Waals surface area contributed by atoms with Gasteiger partial charge in [-0.15, -0.1) is 12.4 Å². The molecule has 3 nitrogen and oxygen atoms in total. The lowest BCUT2D eigenvalue weighted by Gasteiger charge is -2.19. The molecule has 0 spiro atoms. The topological polar surface area (TPSA) is 52.3 Å². The molecule has 1 aliphatic carbocycles. The Hall–Kier alpha value is -1.91. The molecule has 1 saturated carbocycles. The van der Waals surface area contributed by atoms with Gasteiger partial charge < -0.3 is 10.5 Å². The molecule has 1 atom stereocenters. The molecule has 0 amide bonds. The largest absolute Gasteiger partial charge is 0.466 e. The summed E-state index contributed by atoms with van der Waals surface area (Å²) in [5, 5.41) is 0. The summed E-state index contributed by atoms with van der Waals surface area (Å²) in [6.07, 6.45) is 2.37. The van der Waals surface area contributed by atoms with Gasteiger partial charge in [0.05, 0.1) is 13.0 Å². The maximum atomic E-state index is 14.8. The van der Waals surface area contributed by atoms with Crippen LogP contribution in [0.1, 0.15) is 66.0 Å². The second kappa shape index (κ2) is 9.06. The molecule has 0 aliphatic heterocycles. The van der Waals surface area contributed by atoms with Gasteiger partial charge in [0, 0.05) is 11.6 Å². The van der Waals surface area contributed by atoms with Crippen LogP contribution >= 0.6 is 12.4 Å². The van der Waals surface area contributed by atoms with Gasteiger partial charge in [-0.3, -0.25) is 4.79 Å². The van der Waals surface area contributed by atoms with Crippen molar-refractivity contribution < 1.29 is 13.9 Å². The maximum Gasteiger partial charge on any atom is 0.307 e. The van der Waals surface area contributed by atoms with E-state index in [0.717, 1.165) is 5.56 Å². The third-order valence-corrected chi connectivity index (χ3v) is 5.19. The van der Waals surface area contributed by atoms with Crippen molar-refractivity contribution in [3.05, 3.63) is 57.9 Å². The zero-order valence-electron chi connectivity index (χ0n) is 17.0. The van der Waals surface area contributed by atoms with Crippen LogP contribution in [0.15, 0.2) is 24.3 Å². The number of carbonyl (C=O) groups excluding carboxylic acids is 1. The Morgan fingerprint density at radius 2 is 1.86 bits per heavy atom. The number of benzene rings is 2. The van der Waals surface area contributed by atoms with Gasteiger partial charge in [0.1, 0.15) is 5.82 Å². The first kappa shape index (κ1) is 22.4. The van der Waals surface area contributed by atoms with E-state index in [1.807, 2.05) is 12.1 Å². The average molecular weight is 406 g/mol. The first-order valence-electron chi connectivity index (χ1n) is 9.64. The number of hydrogen-bond acceptors (Lipinski definition) is 3. The Kier molecular flexibility index (Phi) is 7.24. The van der Waals surface area contributed by atoms with Gasteiger partial charge in [0.2, 0.25) is 0 Å². The number of ether oxygens (including phenoxy) is 1. The third kappa shape index (κ3) is 4.73. The van der Waals surface area contributed by atoms with Crippen molar-refractivity contribution in [2.45, 2.75) is 58.9 Å². The molecule has 152 valence electrons. The van der Waals surface area contributed by atoms with Gasteiger partial charge in [-0.1, -0.05) is 17.7 Å². The summed E-state index contributed by atoms with van der Waals surface area (Å²) in [7, 11) is 0. The minimum atomic E-state index is -0.724. The smallest absolute Gasteiger partial charge is 0.307 e. The van der Waals surface area contributed by atoms with Gasteiger partial charge in [-0.05, 0) is 86.4 Å². The van der Waals surface area contributed by atoms with Crippen molar-refractivity contribution >= 4 is 18.4 Å². The van der Waals surface area contributed by atoms with Gasteiger partial charge >= 0.3 is 5.97 Å². The van der Waals surface area contributed by atoms with E-state index in [1.54, 1.807) is 13.8 Å². The Morgan fingerprint density at radius 1 is 1.18 bits per heavy atom. The molecule has 1 aliphatic rings. The van der Waals surface area contributed by atoms with Crippen LogP contribution in [0.25, 0.3) is 11.1 Å². The Bertz CT molecular complexity index is 877. The fourth-order valence-corrected chi connectivity index (χ4v) is 3.83. The van der Waals surface area contributed by atoms with E-state index in [0.29, 0.717) is 23.7 Å². The van der Waals surface area contributed by atoms with E-state index in [1.165, 1.54) is 35.1 Å². The normalized spacial score (nSPS) is 14.4. The zero-order valence-corrected chi connectivity index (χ0v) is 17.8. The first-order chi connectivity index (χ1) is 12.8. The Labute approximate surface area is 172 Å². The number of nitrogens with two attached hydrogens (primary N) is 1. The molecule has 0 saturated heterocycles. The van der Waals surface area contributed by atoms with E-state index >= 15 is 0 Å². The summed E-state index contributed by atoms with van der Waals surface area (Å²) in [6, 6.07) is 7.39. The van der Waals surface area contributed by atoms with Crippen molar-refractivity contribution in [3.63, 3.8) is 0 Å². The lowest BCUT2D eigenvalue weighted by molar-refractivity contribution is -0.143.